The van der Waals surface area contributed by atoms with Crippen LogP contribution in [0.2, 0.25) is 0 Å². The lowest BCUT2D eigenvalue weighted by atomic mass is 9.95. The number of carbonyl (C=O) groups is 1. The van der Waals surface area contributed by atoms with Gasteiger partial charge in [-0.15, -0.1) is 11.3 Å². The van der Waals surface area contributed by atoms with E-state index in [1.807, 2.05) is 0 Å². The Labute approximate surface area is 229 Å². The molecule has 0 aromatic carbocycles. The number of rotatable bonds is 17. The molecular weight excluding hydrogens is 474 g/mol. The predicted octanol–water partition coefficient (Wildman–Crippen LogP) is 8.30. The van der Waals surface area contributed by atoms with Gasteiger partial charge in [0.05, 0.1) is 5.69 Å². The zero-order chi connectivity index (χ0) is 26.6. The van der Waals surface area contributed by atoms with Crippen molar-refractivity contribution in [2.24, 2.45) is 0 Å². The average molecular weight is 522 g/mol. The van der Waals surface area contributed by atoms with Gasteiger partial charge in [0, 0.05) is 30.3 Å². The number of hydrogen-bond donors (Lipinski definition) is 1. The first-order valence-corrected chi connectivity index (χ1v) is 14.9. The predicted molar refractivity (Wildman–Crippen MR) is 162 cm³/mol. The summed E-state index contributed by atoms with van der Waals surface area (Å²) < 4.78 is 0. The highest BCUT2D eigenvalue weighted by Gasteiger charge is 2.28. The van der Waals surface area contributed by atoms with Crippen LogP contribution in [0.15, 0.2) is 72.9 Å². The molecule has 1 aromatic heterocycles. The average Bonchev–Trinajstić information content (AvgIpc) is 3.27. The molecule has 0 saturated heterocycles. The van der Waals surface area contributed by atoms with Crippen LogP contribution < -0.4 is 5.73 Å². The molecule has 1 heterocycles. The largest absolute Gasteiger partial charge is 0.375 e. The van der Waals surface area contributed by atoms with Crippen molar-refractivity contribution in [2.45, 2.75) is 96.9 Å². The van der Waals surface area contributed by atoms with E-state index in [1.54, 1.807) is 11.3 Å². The maximum Gasteiger partial charge on any atom is 0.223 e. The summed E-state index contributed by atoms with van der Waals surface area (Å²) in [6.45, 7) is 5.13. The number of fused-ring (bicyclic) bond motifs is 1. The summed E-state index contributed by atoms with van der Waals surface area (Å²) in [6.07, 6.45) is 37.6. The van der Waals surface area contributed by atoms with E-state index in [0.717, 1.165) is 82.9 Å². The van der Waals surface area contributed by atoms with Crippen molar-refractivity contribution in [3.63, 3.8) is 0 Å². The maximum atomic E-state index is 13.0. The van der Waals surface area contributed by atoms with Crippen molar-refractivity contribution in [3.8, 4) is 0 Å². The molecule has 0 fully saturated rings. The molecule has 1 amide bonds. The minimum absolute atomic E-state index is 0.271. The number of anilines is 1. The van der Waals surface area contributed by atoms with E-state index in [2.05, 4.69) is 96.6 Å². The van der Waals surface area contributed by atoms with Crippen molar-refractivity contribution < 1.29 is 4.79 Å². The Morgan fingerprint density at radius 1 is 0.892 bits per heavy atom. The Bertz CT molecular complexity index is 951. The van der Waals surface area contributed by atoms with E-state index in [9.17, 15) is 4.79 Å². The van der Waals surface area contributed by atoms with Gasteiger partial charge >= 0.3 is 0 Å². The molecule has 1 aliphatic carbocycles. The Balaban J connectivity index is 1.57. The molecule has 1 aromatic rings. The first kappa shape index (κ1) is 30.6. The Hall–Kier alpha value is -2.66. The quantitative estimate of drug-likeness (QED) is 0.210. The van der Waals surface area contributed by atoms with Crippen LogP contribution in [-0.4, -0.2) is 28.4 Å². The lowest BCUT2D eigenvalue weighted by Crippen LogP contribution is -2.43. The van der Waals surface area contributed by atoms with Crippen molar-refractivity contribution in [1.82, 2.24) is 9.88 Å². The topological polar surface area (TPSA) is 59.2 Å². The van der Waals surface area contributed by atoms with E-state index in [1.165, 1.54) is 4.88 Å². The van der Waals surface area contributed by atoms with Crippen LogP contribution in [0, 0.1) is 0 Å². The summed E-state index contributed by atoms with van der Waals surface area (Å²) >= 11 is 1.58. The smallest absolute Gasteiger partial charge is 0.223 e. The minimum Gasteiger partial charge on any atom is -0.375 e. The molecule has 5 heteroatoms. The number of hydrogen-bond acceptors (Lipinski definition) is 4. The molecule has 37 heavy (non-hydrogen) atoms. The fraction of sp³-hybridized carbons (Fsp3) is 0.500. The third-order valence-corrected chi connectivity index (χ3v) is 7.23. The number of nitrogen functional groups attached to an aromatic ring is 1. The summed E-state index contributed by atoms with van der Waals surface area (Å²) in [5.74, 6) is 0.271. The van der Waals surface area contributed by atoms with E-state index in [-0.39, 0.29) is 11.9 Å². The highest BCUT2D eigenvalue weighted by Crippen LogP contribution is 2.30. The lowest BCUT2D eigenvalue weighted by Gasteiger charge is -2.34. The molecule has 0 radical (unpaired) electrons. The van der Waals surface area contributed by atoms with Gasteiger partial charge < -0.3 is 10.6 Å². The molecule has 2 rings (SSSR count). The Morgan fingerprint density at radius 3 is 1.97 bits per heavy atom. The lowest BCUT2D eigenvalue weighted by molar-refractivity contribution is -0.133. The van der Waals surface area contributed by atoms with Crippen LogP contribution >= 0.6 is 11.3 Å². The van der Waals surface area contributed by atoms with E-state index < -0.39 is 0 Å². The van der Waals surface area contributed by atoms with Gasteiger partial charge in [-0.2, -0.15) is 0 Å². The van der Waals surface area contributed by atoms with Crippen LogP contribution in [0.5, 0.6) is 0 Å². The van der Waals surface area contributed by atoms with Crippen LogP contribution in [0.4, 0.5) is 5.13 Å². The molecule has 0 saturated carbocycles. The Kier molecular flexibility index (Phi) is 16.1. The van der Waals surface area contributed by atoms with Crippen molar-refractivity contribution >= 4 is 22.4 Å². The minimum atomic E-state index is 0.271. The van der Waals surface area contributed by atoms with Crippen LogP contribution in [0.3, 0.4) is 0 Å². The van der Waals surface area contributed by atoms with E-state index in [4.69, 9.17) is 5.73 Å². The van der Waals surface area contributed by atoms with Crippen LogP contribution in [0.25, 0.3) is 0 Å². The number of carbonyl (C=O) groups excluding carboxylic acids is 1. The number of aryl methyl sites for hydroxylation is 1. The summed E-state index contributed by atoms with van der Waals surface area (Å²) in [4.78, 5) is 20.8. The maximum absolute atomic E-state index is 13.0. The number of amides is 1. The van der Waals surface area contributed by atoms with Gasteiger partial charge in [0.1, 0.15) is 0 Å². The normalized spacial score (nSPS) is 16.4. The second-order valence-electron chi connectivity index (χ2n) is 9.36. The van der Waals surface area contributed by atoms with Gasteiger partial charge in [0.25, 0.3) is 0 Å². The number of aromatic nitrogens is 1. The van der Waals surface area contributed by atoms with Crippen molar-refractivity contribution in [3.05, 3.63) is 83.5 Å². The van der Waals surface area contributed by atoms with Gasteiger partial charge in [0.15, 0.2) is 5.13 Å². The molecule has 2 N–H and O–H groups in total. The number of nitrogens with zero attached hydrogens (tertiary/aromatic N) is 2. The second-order valence-corrected chi connectivity index (χ2v) is 10.5. The molecule has 4 nitrogen and oxygen atoms in total. The highest BCUT2D eigenvalue weighted by molar-refractivity contribution is 7.15. The Morgan fingerprint density at radius 2 is 1.43 bits per heavy atom. The monoisotopic (exact) mass is 521 g/mol. The first-order chi connectivity index (χ1) is 18.2. The zero-order valence-electron chi connectivity index (χ0n) is 23.0. The number of nitrogens with two attached hydrogens (primary N) is 1. The molecule has 0 unspecified atom stereocenters. The highest BCUT2D eigenvalue weighted by atomic mass is 32.1. The van der Waals surface area contributed by atoms with Gasteiger partial charge in [-0.1, -0.05) is 86.8 Å². The van der Waals surface area contributed by atoms with Gasteiger partial charge in [-0.05, 0) is 64.2 Å². The second kappa shape index (κ2) is 19.5. The fourth-order valence-electron chi connectivity index (χ4n) is 4.39. The zero-order valence-corrected chi connectivity index (χ0v) is 23.8. The third kappa shape index (κ3) is 12.9. The molecule has 1 atom stereocenters. The summed E-state index contributed by atoms with van der Waals surface area (Å²) in [5, 5.41) is 0.650. The first-order valence-electron chi connectivity index (χ1n) is 14.1. The summed E-state index contributed by atoms with van der Waals surface area (Å²) in [5.41, 5.74) is 7.03. The molecular formula is C32H47N3OS. The van der Waals surface area contributed by atoms with Crippen molar-refractivity contribution in [2.75, 3.05) is 12.3 Å². The molecule has 0 aliphatic heterocycles. The molecule has 0 bridgehead atoms. The van der Waals surface area contributed by atoms with Gasteiger partial charge in [0.2, 0.25) is 5.91 Å². The standard InChI is InChI=1S/C32H47N3OS/c1-3-5-6-7-8-9-10-11-12-13-14-15-16-17-18-19-20-21-22-23-31(36)35(26-4-2)28-24-25-29-30(27-28)37-32(33)34-29/h5-6,8-9,11-12,14-15,17-18,20-21,28H,3-4,7,10,13,16,19,22-27H2,1-2H3,(H2,33,34)/t28-/m1/s1. The summed E-state index contributed by atoms with van der Waals surface area (Å²) in [7, 11) is 0. The third-order valence-electron chi connectivity index (χ3n) is 6.28. The van der Waals surface area contributed by atoms with Gasteiger partial charge in [-0.25, -0.2) is 4.98 Å². The summed E-state index contributed by atoms with van der Waals surface area (Å²) in [6, 6.07) is 0.282. The van der Waals surface area contributed by atoms with Crippen LogP contribution in [0.1, 0.15) is 88.6 Å². The molecule has 1 aliphatic rings. The number of allylic oxidation sites excluding steroid dienone is 12. The SMILES string of the molecule is CCC=CCC=CCC=CCC=CCC=CCC=CCCC(=O)N(CCC)[C@@H]1CCc2nc(N)sc2C1. The number of thiazole rings is 1. The van der Waals surface area contributed by atoms with Crippen LogP contribution in [-0.2, 0) is 17.6 Å². The fourth-order valence-corrected chi connectivity index (χ4v) is 5.33. The van der Waals surface area contributed by atoms with Crippen molar-refractivity contribution in [1.29, 1.82) is 0 Å². The van der Waals surface area contributed by atoms with E-state index in [0.29, 0.717) is 11.6 Å². The van der Waals surface area contributed by atoms with Gasteiger partial charge in [-0.3, -0.25) is 4.79 Å². The molecule has 0 spiro atoms. The van der Waals surface area contributed by atoms with E-state index >= 15 is 0 Å². The molecule has 202 valence electrons.